The third-order valence-electron chi connectivity index (χ3n) is 6.21. The second-order valence-electron chi connectivity index (χ2n) is 9.01. The first kappa shape index (κ1) is 25.2. The standard InChI is InChI=1S/C25H23ClFN3O4S2/c1-25(32,13-31)14-7-9-28-19(11-14)16-8-10-29-20-12-21(35-24(16)20)23(30-36(33,34)15-5-6-15)22-17(26)3-2-4-18(22)27/h2-4,7-12,15,23,30-32H,5-6,13H2,1H3/t23?,25-/m1/s1. The van der Waals surface area contributed by atoms with E-state index in [1.807, 2.05) is 0 Å². The molecular formula is C25H23ClFN3O4S2. The Morgan fingerprint density at radius 2 is 1.97 bits per heavy atom. The van der Waals surface area contributed by atoms with E-state index in [0.29, 0.717) is 44.8 Å². The lowest BCUT2D eigenvalue weighted by Gasteiger charge is -2.21. The molecule has 3 N–H and O–H groups in total. The van der Waals surface area contributed by atoms with Crippen LogP contribution >= 0.6 is 22.9 Å². The molecule has 1 aliphatic carbocycles. The number of nitrogens with one attached hydrogen (secondary N) is 1. The van der Waals surface area contributed by atoms with Crippen molar-refractivity contribution < 1.29 is 23.0 Å². The number of thiophene rings is 1. The molecule has 5 rings (SSSR count). The van der Waals surface area contributed by atoms with Crippen LogP contribution in [0.2, 0.25) is 5.02 Å². The largest absolute Gasteiger partial charge is 0.393 e. The summed E-state index contributed by atoms with van der Waals surface area (Å²) in [5.41, 5.74) is 0.923. The summed E-state index contributed by atoms with van der Waals surface area (Å²) in [6.45, 7) is 1.05. The predicted octanol–water partition coefficient (Wildman–Crippen LogP) is 4.52. The molecule has 0 saturated heterocycles. The molecule has 1 saturated carbocycles. The van der Waals surface area contributed by atoms with Gasteiger partial charge in [0.1, 0.15) is 11.4 Å². The third kappa shape index (κ3) is 4.77. The molecule has 1 fully saturated rings. The van der Waals surface area contributed by atoms with Gasteiger partial charge in [0.15, 0.2) is 0 Å². The Balaban J connectivity index is 1.65. The Hall–Kier alpha value is -2.47. The Labute approximate surface area is 216 Å². The van der Waals surface area contributed by atoms with Crippen LogP contribution in [-0.4, -0.2) is 40.5 Å². The molecule has 0 spiro atoms. The zero-order chi connectivity index (χ0) is 25.7. The van der Waals surface area contributed by atoms with Gasteiger partial charge in [-0.25, -0.2) is 17.5 Å². The molecule has 36 heavy (non-hydrogen) atoms. The fourth-order valence-electron chi connectivity index (χ4n) is 3.99. The molecule has 188 valence electrons. The van der Waals surface area contributed by atoms with Gasteiger partial charge in [0.05, 0.1) is 33.8 Å². The van der Waals surface area contributed by atoms with E-state index in [2.05, 4.69) is 14.7 Å². The average Bonchev–Trinajstić information content (AvgIpc) is 3.63. The molecule has 1 unspecified atom stereocenters. The highest BCUT2D eigenvalue weighted by Crippen LogP contribution is 2.41. The second kappa shape index (κ2) is 9.44. The van der Waals surface area contributed by atoms with E-state index in [9.17, 15) is 23.0 Å². The van der Waals surface area contributed by atoms with Gasteiger partial charge in [-0.3, -0.25) is 9.97 Å². The summed E-state index contributed by atoms with van der Waals surface area (Å²) < 4.78 is 44.2. The number of halogens is 2. The Morgan fingerprint density at radius 3 is 2.67 bits per heavy atom. The lowest BCUT2D eigenvalue weighted by atomic mass is 9.96. The zero-order valence-corrected chi connectivity index (χ0v) is 21.5. The number of hydrogen-bond acceptors (Lipinski definition) is 7. The molecule has 7 nitrogen and oxygen atoms in total. The number of benzene rings is 1. The number of aromatic nitrogens is 2. The molecule has 3 aromatic heterocycles. The van der Waals surface area contributed by atoms with E-state index >= 15 is 0 Å². The first-order chi connectivity index (χ1) is 17.1. The van der Waals surface area contributed by atoms with Crippen molar-refractivity contribution in [2.75, 3.05) is 6.61 Å². The van der Waals surface area contributed by atoms with Crippen LogP contribution in [0.15, 0.2) is 54.9 Å². The molecule has 2 atom stereocenters. The van der Waals surface area contributed by atoms with Gasteiger partial charge in [0.2, 0.25) is 10.0 Å². The minimum atomic E-state index is -3.69. The van der Waals surface area contributed by atoms with Crippen LogP contribution in [0.3, 0.4) is 0 Å². The first-order valence-corrected chi connectivity index (χ1v) is 14.0. The van der Waals surface area contributed by atoms with E-state index < -0.39 is 39.3 Å². The van der Waals surface area contributed by atoms with Gasteiger partial charge in [-0.2, -0.15) is 0 Å². The van der Waals surface area contributed by atoms with Crippen molar-refractivity contribution in [2.24, 2.45) is 0 Å². The minimum absolute atomic E-state index is 0.0515. The highest BCUT2D eigenvalue weighted by molar-refractivity contribution is 7.90. The van der Waals surface area contributed by atoms with Crippen molar-refractivity contribution in [3.63, 3.8) is 0 Å². The average molecular weight is 548 g/mol. The number of hydrogen-bond donors (Lipinski definition) is 3. The van der Waals surface area contributed by atoms with Crippen molar-refractivity contribution in [1.29, 1.82) is 0 Å². The highest BCUT2D eigenvalue weighted by atomic mass is 35.5. The van der Waals surface area contributed by atoms with E-state index in [1.165, 1.54) is 36.5 Å². The van der Waals surface area contributed by atoms with Crippen molar-refractivity contribution in [3.8, 4) is 11.3 Å². The molecule has 0 radical (unpaired) electrons. The maximum absolute atomic E-state index is 15.0. The summed E-state index contributed by atoms with van der Waals surface area (Å²) >= 11 is 7.62. The van der Waals surface area contributed by atoms with Gasteiger partial charge in [0.25, 0.3) is 0 Å². The fraction of sp³-hybridized carbons (Fsp3) is 0.280. The van der Waals surface area contributed by atoms with Gasteiger partial charge in [0, 0.05) is 33.4 Å². The Morgan fingerprint density at radius 1 is 1.22 bits per heavy atom. The highest BCUT2D eigenvalue weighted by Gasteiger charge is 2.39. The smallest absolute Gasteiger partial charge is 0.215 e. The summed E-state index contributed by atoms with van der Waals surface area (Å²) in [4.78, 5) is 9.39. The van der Waals surface area contributed by atoms with Gasteiger partial charge in [-0.1, -0.05) is 17.7 Å². The molecule has 4 aromatic rings. The Bertz CT molecular complexity index is 1530. The van der Waals surface area contributed by atoms with Crippen molar-refractivity contribution in [1.82, 2.24) is 14.7 Å². The van der Waals surface area contributed by atoms with Gasteiger partial charge in [-0.05, 0) is 61.7 Å². The maximum Gasteiger partial charge on any atom is 0.215 e. The van der Waals surface area contributed by atoms with Crippen molar-refractivity contribution in [2.45, 2.75) is 36.7 Å². The molecule has 0 amide bonds. The molecular weight excluding hydrogens is 525 g/mol. The molecule has 3 heterocycles. The predicted molar refractivity (Wildman–Crippen MR) is 138 cm³/mol. The second-order valence-corrected chi connectivity index (χ2v) is 12.5. The van der Waals surface area contributed by atoms with E-state index in [1.54, 1.807) is 36.7 Å². The monoisotopic (exact) mass is 547 g/mol. The number of nitrogens with zero attached hydrogens (tertiary/aromatic N) is 2. The molecule has 11 heteroatoms. The first-order valence-electron chi connectivity index (χ1n) is 11.2. The third-order valence-corrected chi connectivity index (χ3v) is 9.68. The number of fused-ring (bicyclic) bond motifs is 1. The van der Waals surface area contributed by atoms with Crippen LogP contribution in [0, 0.1) is 5.82 Å². The SMILES string of the molecule is C[C@@](O)(CO)c1ccnc(-c2ccnc3cc(C(NS(=O)(=O)C4CC4)c4c(F)cccc4Cl)sc23)c1. The number of rotatable bonds is 8. The van der Waals surface area contributed by atoms with Gasteiger partial charge >= 0.3 is 0 Å². The number of aliphatic hydroxyl groups excluding tert-OH is 1. The molecule has 1 aliphatic rings. The summed E-state index contributed by atoms with van der Waals surface area (Å²) in [5, 5.41) is 19.7. The fourth-order valence-corrected chi connectivity index (χ4v) is 7.06. The minimum Gasteiger partial charge on any atom is -0.393 e. The van der Waals surface area contributed by atoms with Crippen LogP contribution in [0.25, 0.3) is 21.5 Å². The van der Waals surface area contributed by atoms with Crippen LogP contribution in [-0.2, 0) is 15.6 Å². The van der Waals surface area contributed by atoms with Crippen LogP contribution in [0.5, 0.6) is 0 Å². The van der Waals surface area contributed by atoms with E-state index in [4.69, 9.17) is 11.6 Å². The zero-order valence-electron chi connectivity index (χ0n) is 19.1. The number of sulfonamides is 1. The molecule has 0 aliphatic heterocycles. The summed E-state index contributed by atoms with van der Waals surface area (Å²) in [7, 11) is -3.69. The summed E-state index contributed by atoms with van der Waals surface area (Å²) in [5.74, 6) is -0.614. The Kier molecular flexibility index (Phi) is 6.61. The number of aliphatic hydroxyl groups is 2. The van der Waals surface area contributed by atoms with Crippen molar-refractivity contribution in [3.05, 3.63) is 81.7 Å². The molecule has 0 bridgehead atoms. The van der Waals surface area contributed by atoms with Gasteiger partial charge in [-0.15, -0.1) is 11.3 Å². The molecule has 1 aromatic carbocycles. The lowest BCUT2D eigenvalue weighted by Crippen LogP contribution is -2.32. The quantitative estimate of drug-likeness (QED) is 0.299. The number of pyridine rings is 2. The topological polar surface area (TPSA) is 112 Å². The summed E-state index contributed by atoms with van der Waals surface area (Å²) in [6, 6.07) is 10.0. The maximum atomic E-state index is 15.0. The normalized spacial score (nSPS) is 16.7. The van der Waals surface area contributed by atoms with Gasteiger partial charge < -0.3 is 10.2 Å². The van der Waals surface area contributed by atoms with Crippen molar-refractivity contribution >= 4 is 43.2 Å². The van der Waals surface area contributed by atoms with Crippen LogP contribution in [0.1, 0.15) is 41.8 Å². The summed E-state index contributed by atoms with van der Waals surface area (Å²) in [6.07, 6.45) is 4.27. The lowest BCUT2D eigenvalue weighted by molar-refractivity contribution is -0.00230. The van der Waals surface area contributed by atoms with E-state index in [-0.39, 0.29) is 10.6 Å². The van der Waals surface area contributed by atoms with Crippen LogP contribution < -0.4 is 4.72 Å². The van der Waals surface area contributed by atoms with E-state index in [0.717, 1.165) is 0 Å². The van der Waals surface area contributed by atoms with Crippen LogP contribution in [0.4, 0.5) is 4.39 Å².